The third-order valence-corrected chi connectivity index (χ3v) is 7.28. The molecule has 0 saturated carbocycles. The van der Waals surface area contributed by atoms with Gasteiger partial charge in [0.25, 0.3) is 5.91 Å². The molecule has 9 nitrogen and oxygen atoms in total. The van der Waals surface area contributed by atoms with E-state index in [0.29, 0.717) is 49.6 Å². The molecule has 3 aliphatic rings. The Morgan fingerprint density at radius 2 is 1.97 bits per heavy atom. The number of piperidine rings is 2. The van der Waals surface area contributed by atoms with Gasteiger partial charge in [0.2, 0.25) is 11.8 Å². The molecule has 0 spiro atoms. The molecule has 9 heteroatoms. The lowest BCUT2D eigenvalue weighted by Gasteiger charge is -2.44. The Labute approximate surface area is 180 Å². The number of carbonyl (C=O) groups is 3. The summed E-state index contributed by atoms with van der Waals surface area (Å²) in [5.41, 5.74) is 1.62. The fourth-order valence-electron chi connectivity index (χ4n) is 5.49. The number of aromatic amines is 1. The number of benzene rings is 1. The lowest BCUT2D eigenvalue weighted by molar-refractivity contribution is -0.147. The number of nitrogens with zero attached hydrogens (tertiary/aromatic N) is 4. The van der Waals surface area contributed by atoms with Crippen LogP contribution in [0.15, 0.2) is 18.2 Å². The van der Waals surface area contributed by atoms with Crippen LogP contribution in [-0.4, -0.2) is 75.2 Å². The number of likely N-dealkylation sites (tertiary alicyclic amines) is 2. The van der Waals surface area contributed by atoms with Crippen LogP contribution in [0.1, 0.15) is 43.5 Å². The minimum absolute atomic E-state index is 0.00675. The third-order valence-electron chi connectivity index (χ3n) is 7.28. The normalized spacial score (nSPS) is 27.8. The third kappa shape index (κ3) is 3.45. The largest absolute Gasteiger partial charge is 0.355 e. The van der Waals surface area contributed by atoms with E-state index in [2.05, 4.69) is 20.7 Å². The van der Waals surface area contributed by atoms with Crippen molar-refractivity contribution in [1.82, 2.24) is 30.5 Å². The second kappa shape index (κ2) is 7.32. The summed E-state index contributed by atoms with van der Waals surface area (Å²) >= 11 is 0. The number of rotatable bonds is 2. The molecule has 2 N–H and O–H groups in total. The number of carbonyl (C=O) groups excluding carboxylic acids is 3. The Balaban J connectivity index is 1.33. The molecule has 3 fully saturated rings. The molecule has 3 saturated heterocycles. The van der Waals surface area contributed by atoms with Gasteiger partial charge in [-0.3, -0.25) is 14.4 Å². The number of nitrogens with one attached hydrogen (secondary N) is 2. The van der Waals surface area contributed by atoms with Gasteiger partial charge in [-0.2, -0.15) is 15.4 Å². The molecular formula is C22H28N6O3. The molecule has 1 aromatic carbocycles. The number of hydrogen-bond acceptors (Lipinski definition) is 5. The minimum Gasteiger partial charge on any atom is -0.355 e. The molecule has 5 rings (SSSR count). The van der Waals surface area contributed by atoms with Crippen LogP contribution in [0.3, 0.4) is 0 Å². The number of aromatic nitrogens is 3. The van der Waals surface area contributed by atoms with Gasteiger partial charge in [-0.25, -0.2) is 0 Å². The van der Waals surface area contributed by atoms with Crippen LogP contribution in [0.25, 0.3) is 11.0 Å². The molecule has 31 heavy (non-hydrogen) atoms. The number of fused-ring (bicyclic) bond motifs is 2. The lowest BCUT2D eigenvalue weighted by atomic mass is 9.72. The van der Waals surface area contributed by atoms with Crippen LogP contribution < -0.4 is 5.32 Å². The maximum Gasteiger partial charge on any atom is 0.254 e. The molecular weight excluding hydrogens is 396 g/mol. The van der Waals surface area contributed by atoms with Crippen molar-refractivity contribution in [2.24, 2.45) is 17.3 Å². The van der Waals surface area contributed by atoms with Crippen LogP contribution in [-0.2, 0) is 9.59 Å². The first kappa shape index (κ1) is 20.0. The molecule has 164 valence electrons. The number of amides is 3. The van der Waals surface area contributed by atoms with Gasteiger partial charge in [0.1, 0.15) is 11.0 Å². The zero-order valence-corrected chi connectivity index (χ0v) is 17.9. The van der Waals surface area contributed by atoms with Gasteiger partial charge >= 0.3 is 0 Å². The lowest BCUT2D eigenvalue weighted by Crippen LogP contribution is -2.57. The highest BCUT2D eigenvalue weighted by molar-refractivity contribution is 5.97. The fourth-order valence-corrected chi connectivity index (χ4v) is 5.49. The maximum atomic E-state index is 13.5. The summed E-state index contributed by atoms with van der Waals surface area (Å²) in [4.78, 5) is 42.4. The molecule has 3 aliphatic heterocycles. The van der Waals surface area contributed by atoms with E-state index in [1.165, 1.54) is 0 Å². The van der Waals surface area contributed by atoms with Gasteiger partial charge in [-0.1, -0.05) is 13.8 Å². The van der Waals surface area contributed by atoms with Gasteiger partial charge in [0.05, 0.1) is 12.0 Å². The van der Waals surface area contributed by atoms with Gasteiger partial charge in [0.15, 0.2) is 0 Å². The van der Waals surface area contributed by atoms with E-state index >= 15 is 0 Å². The van der Waals surface area contributed by atoms with E-state index in [4.69, 9.17) is 0 Å². The van der Waals surface area contributed by atoms with Crippen molar-refractivity contribution in [3.8, 4) is 0 Å². The van der Waals surface area contributed by atoms with Crippen molar-refractivity contribution in [2.45, 2.75) is 39.2 Å². The van der Waals surface area contributed by atoms with Crippen LogP contribution in [0, 0.1) is 17.3 Å². The van der Waals surface area contributed by atoms with Gasteiger partial charge in [0, 0.05) is 38.2 Å². The molecule has 3 amide bonds. The smallest absolute Gasteiger partial charge is 0.254 e. The SMILES string of the molecule is CC1(C)CC(=O)NCC1C(=O)N1CCC[C@H]2CN(C(=O)c3ccc4n[nH]nc4c3)C[C@H]21. The van der Waals surface area contributed by atoms with Crippen LogP contribution in [0.5, 0.6) is 0 Å². The fraction of sp³-hybridized carbons (Fsp3) is 0.591. The maximum absolute atomic E-state index is 13.5. The highest BCUT2D eigenvalue weighted by atomic mass is 16.2. The van der Waals surface area contributed by atoms with E-state index in [1.807, 2.05) is 23.6 Å². The molecule has 1 unspecified atom stereocenters. The summed E-state index contributed by atoms with van der Waals surface area (Å²) in [6.45, 7) is 6.31. The highest BCUT2D eigenvalue weighted by Gasteiger charge is 2.48. The number of hydrogen-bond donors (Lipinski definition) is 2. The van der Waals surface area contributed by atoms with Crippen LogP contribution in [0.2, 0.25) is 0 Å². The van der Waals surface area contributed by atoms with Crippen molar-refractivity contribution < 1.29 is 14.4 Å². The van der Waals surface area contributed by atoms with Crippen molar-refractivity contribution in [3.63, 3.8) is 0 Å². The Kier molecular flexibility index (Phi) is 4.71. The predicted octanol–water partition coefficient (Wildman–Crippen LogP) is 1.18. The summed E-state index contributed by atoms with van der Waals surface area (Å²) < 4.78 is 0. The van der Waals surface area contributed by atoms with E-state index in [0.717, 1.165) is 18.4 Å². The Morgan fingerprint density at radius 3 is 2.77 bits per heavy atom. The Bertz CT molecular complexity index is 1050. The molecule has 0 aliphatic carbocycles. The number of H-pyrrole nitrogens is 1. The summed E-state index contributed by atoms with van der Waals surface area (Å²) in [5, 5.41) is 13.6. The van der Waals surface area contributed by atoms with Crippen molar-refractivity contribution in [1.29, 1.82) is 0 Å². The van der Waals surface area contributed by atoms with E-state index in [1.54, 1.807) is 18.2 Å². The standard InChI is InChI=1S/C22H28N6O3/c1-22(2)9-19(29)23-10-15(22)21(31)28-7-3-4-14-11-27(12-18(14)28)20(30)13-5-6-16-17(8-13)25-26-24-16/h5-6,8,14-15,18H,3-4,7,9-12H2,1-2H3,(H,23,29)(H,24,25,26)/t14-,15?,18+/m0/s1. The van der Waals surface area contributed by atoms with Gasteiger partial charge in [-0.15, -0.1) is 0 Å². The summed E-state index contributed by atoms with van der Waals surface area (Å²) in [6, 6.07) is 5.38. The average molecular weight is 425 g/mol. The first-order valence-electron chi connectivity index (χ1n) is 11.0. The van der Waals surface area contributed by atoms with Crippen LogP contribution in [0.4, 0.5) is 0 Å². The predicted molar refractivity (Wildman–Crippen MR) is 113 cm³/mol. The first-order valence-corrected chi connectivity index (χ1v) is 11.0. The zero-order valence-electron chi connectivity index (χ0n) is 17.9. The van der Waals surface area contributed by atoms with Gasteiger partial charge in [-0.05, 0) is 42.4 Å². The monoisotopic (exact) mass is 424 g/mol. The van der Waals surface area contributed by atoms with Crippen molar-refractivity contribution in [2.75, 3.05) is 26.2 Å². The minimum atomic E-state index is -0.368. The first-order chi connectivity index (χ1) is 14.8. The van der Waals surface area contributed by atoms with Gasteiger partial charge < -0.3 is 15.1 Å². The second-order valence-corrected chi connectivity index (χ2v) is 9.76. The van der Waals surface area contributed by atoms with E-state index in [9.17, 15) is 14.4 Å². The summed E-state index contributed by atoms with van der Waals surface area (Å²) in [7, 11) is 0. The van der Waals surface area contributed by atoms with Crippen molar-refractivity contribution >= 4 is 28.8 Å². The topological polar surface area (TPSA) is 111 Å². The Morgan fingerprint density at radius 1 is 1.16 bits per heavy atom. The van der Waals surface area contributed by atoms with E-state index < -0.39 is 0 Å². The molecule has 3 atom stereocenters. The second-order valence-electron chi connectivity index (χ2n) is 9.76. The molecule has 0 bridgehead atoms. The van der Waals surface area contributed by atoms with E-state index in [-0.39, 0.29) is 35.1 Å². The molecule has 4 heterocycles. The zero-order chi connectivity index (χ0) is 21.8. The molecule has 1 aromatic heterocycles. The van der Waals surface area contributed by atoms with Crippen LogP contribution >= 0.6 is 0 Å². The summed E-state index contributed by atoms with van der Waals surface area (Å²) in [5.74, 6) is 0.143. The molecule has 2 aromatic rings. The van der Waals surface area contributed by atoms with Crippen molar-refractivity contribution in [3.05, 3.63) is 23.8 Å². The molecule has 0 radical (unpaired) electrons. The highest BCUT2D eigenvalue weighted by Crippen LogP contribution is 2.38. The summed E-state index contributed by atoms with van der Waals surface area (Å²) in [6.07, 6.45) is 2.32. The average Bonchev–Trinajstić information content (AvgIpc) is 3.38. The Hall–Kier alpha value is -2.97. The quantitative estimate of drug-likeness (QED) is 0.752.